The van der Waals surface area contributed by atoms with E-state index in [1.807, 2.05) is 20.9 Å². The summed E-state index contributed by atoms with van der Waals surface area (Å²) in [6.45, 7) is 6.86. The van der Waals surface area contributed by atoms with E-state index in [0.717, 1.165) is 19.3 Å². The van der Waals surface area contributed by atoms with Crippen molar-refractivity contribution in [1.29, 1.82) is 5.26 Å². The van der Waals surface area contributed by atoms with Crippen LogP contribution in [0.5, 0.6) is 11.5 Å². The molecule has 0 bridgehead atoms. The number of methoxy groups -OCH3 is 2. The van der Waals surface area contributed by atoms with Gasteiger partial charge in [-0.05, 0) is 64.6 Å². The van der Waals surface area contributed by atoms with Gasteiger partial charge in [0, 0.05) is 55.4 Å². The number of piperidine rings is 1. The number of carbonyl (C=O) groups excluding carboxylic acids is 1. The van der Waals surface area contributed by atoms with Gasteiger partial charge in [0.05, 0.1) is 49.1 Å². The number of amides is 1. The summed E-state index contributed by atoms with van der Waals surface area (Å²) >= 11 is 13.5. The molecule has 262 valence electrons. The maximum Gasteiger partial charge on any atom is 0.264 e. The first-order valence-electron chi connectivity index (χ1n) is 16.4. The van der Waals surface area contributed by atoms with Crippen molar-refractivity contribution in [2.45, 2.75) is 57.7 Å². The quantitative estimate of drug-likeness (QED) is 0.192. The Kier molecular flexibility index (Phi) is 11.4. The predicted octanol–water partition coefficient (Wildman–Crippen LogP) is 5.40. The largest absolute Gasteiger partial charge is 0.495 e. The lowest BCUT2D eigenvalue weighted by Gasteiger charge is -2.43. The number of nitriles is 1. The van der Waals surface area contributed by atoms with E-state index >= 15 is 0 Å². The van der Waals surface area contributed by atoms with Crippen molar-refractivity contribution in [3.63, 3.8) is 0 Å². The highest BCUT2D eigenvalue weighted by Gasteiger charge is 2.34. The van der Waals surface area contributed by atoms with Crippen molar-refractivity contribution in [1.82, 2.24) is 24.3 Å². The number of hydrogen-bond donors (Lipinski definition) is 1. The van der Waals surface area contributed by atoms with Gasteiger partial charge >= 0.3 is 0 Å². The maximum atomic E-state index is 14.2. The van der Waals surface area contributed by atoms with Crippen LogP contribution in [-0.4, -0.2) is 96.4 Å². The fraction of sp³-hybridized carbons (Fsp3) is 0.514. The summed E-state index contributed by atoms with van der Waals surface area (Å²) in [5.74, 6) is 1.18. The molecule has 0 saturated carbocycles. The predicted molar refractivity (Wildman–Crippen MR) is 191 cm³/mol. The molecule has 2 aromatic heterocycles. The second kappa shape index (κ2) is 15.3. The van der Waals surface area contributed by atoms with Crippen molar-refractivity contribution in [2.75, 3.05) is 59.9 Å². The fourth-order valence-corrected chi connectivity index (χ4v) is 7.14. The zero-order valence-corrected chi connectivity index (χ0v) is 30.3. The van der Waals surface area contributed by atoms with Crippen LogP contribution in [0.1, 0.15) is 39.5 Å². The molecule has 0 unspecified atom stereocenters. The van der Waals surface area contributed by atoms with Crippen LogP contribution in [-0.2, 0) is 16.1 Å². The smallest absolute Gasteiger partial charge is 0.264 e. The van der Waals surface area contributed by atoms with E-state index in [1.165, 1.54) is 14.2 Å². The molecule has 1 aromatic carbocycles. The molecule has 5 rings (SSSR count). The maximum absolute atomic E-state index is 14.2. The minimum absolute atomic E-state index is 0.165. The summed E-state index contributed by atoms with van der Waals surface area (Å²) < 4.78 is 17.9. The molecule has 49 heavy (non-hydrogen) atoms. The number of rotatable bonds is 12. The second-order valence-electron chi connectivity index (χ2n) is 13.0. The van der Waals surface area contributed by atoms with Crippen LogP contribution in [0.15, 0.2) is 34.8 Å². The fourth-order valence-electron chi connectivity index (χ4n) is 6.44. The minimum Gasteiger partial charge on any atom is -0.495 e. The number of carbonyl (C=O) groups is 1. The van der Waals surface area contributed by atoms with Gasteiger partial charge in [-0.2, -0.15) is 10.2 Å². The Morgan fingerprint density at radius 2 is 1.84 bits per heavy atom. The normalized spacial score (nSPS) is 16.1. The highest BCUT2D eigenvalue weighted by molar-refractivity contribution is 6.41. The molecule has 1 N–H and O–H groups in total. The summed E-state index contributed by atoms with van der Waals surface area (Å²) in [4.78, 5) is 40.5. The van der Waals surface area contributed by atoms with E-state index in [2.05, 4.69) is 26.3 Å². The van der Waals surface area contributed by atoms with Gasteiger partial charge in [0.15, 0.2) is 0 Å². The molecule has 1 amide bonds. The number of aromatic nitrogens is 3. The Labute approximate surface area is 296 Å². The van der Waals surface area contributed by atoms with Gasteiger partial charge in [0.25, 0.3) is 11.5 Å². The molecule has 2 aliphatic heterocycles. The molecule has 14 heteroatoms. The number of halogens is 2. The summed E-state index contributed by atoms with van der Waals surface area (Å²) in [6.07, 6.45) is 6.60. The number of hydrogen-bond acceptors (Lipinski definition) is 10. The minimum atomic E-state index is -0.471. The van der Waals surface area contributed by atoms with Crippen molar-refractivity contribution in [3.8, 4) is 28.7 Å². The van der Waals surface area contributed by atoms with E-state index in [4.69, 9.17) is 37.4 Å². The van der Waals surface area contributed by atoms with Crippen LogP contribution in [0.4, 0.5) is 5.95 Å². The van der Waals surface area contributed by atoms with Gasteiger partial charge < -0.3 is 24.4 Å². The molecule has 4 heterocycles. The first-order chi connectivity index (χ1) is 23.4. The Hall–Kier alpha value is -3.89. The van der Waals surface area contributed by atoms with Gasteiger partial charge in [-0.25, -0.2) is 4.98 Å². The highest BCUT2D eigenvalue weighted by atomic mass is 35.5. The number of likely N-dealkylation sites (tertiary alicyclic amines) is 1. The van der Waals surface area contributed by atoms with E-state index in [-0.39, 0.29) is 38.7 Å². The Morgan fingerprint density at radius 3 is 2.39 bits per heavy atom. The lowest BCUT2D eigenvalue weighted by molar-refractivity contribution is -0.128. The number of nitrogens with one attached hydrogen (secondary N) is 1. The summed E-state index contributed by atoms with van der Waals surface area (Å²) in [5.41, 5.74) is 0.475. The van der Waals surface area contributed by atoms with Crippen LogP contribution < -0.4 is 20.3 Å². The monoisotopic (exact) mass is 711 g/mol. The van der Waals surface area contributed by atoms with Crippen LogP contribution in [0.3, 0.4) is 0 Å². The molecule has 0 atom stereocenters. The number of pyridine rings is 1. The van der Waals surface area contributed by atoms with E-state index < -0.39 is 5.54 Å². The molecule has 2 saturated heterocycles. The first-order valence-corrected chi connectivity index (χ1v) is 17.1. The number of aryl methyl sites for hydroxylation is 1. The van der Waals surface area contributed by atoms with E-state index in [1.54, 1.807) is 40.9 Å². The molecular formula is C35H43Cl2N7O5. The number of fused-ring (bicyclic) bond motifs is 1. The topological polar surface area (TPSA) is 135 Å². The lowest BCUT2D eigenvalue weighted by Crippen LogP contribution is -2.55. The van der Waals surface area contributed by atoms with Crippen LogP contribution in [0.2, 0.25) is 10.0 Å². The second-order valence-corrected chi connectivity index (χ2v) is 13.8. The summed E-state index contributed by atoms with van der Waals surface area (Å²) in [7, 11) is 6.68. The van der Waals surface area contributed by atoms with Gasteiger partial charge in [-0.1, -0.05) is 23.2 Å². The molecular weight excluding hydrogens is 669 g/mol. The third-order valence-corrected chi connectivity index (χ3v) is 10.5. The summed E-state index contributed by atoms with van der Waals surface area (Å²) in [6, 6.07) is 5.69. The zero-order valence-electron chi connectivity index (χ0n) is 28.8. The van der Waals surface area contributed by atoms with Gasteiger partial charge in [-0.15, -0.1) is 0 Å². The van der Waals surface area contributed by atoms with Gasteiger partial charge in [0.2, 0.25) is 5.95 Å². The van der Waals surface area contributed by atoms with Crippen molar-refractivity contribution >= 4 is 46.1 Å². The van der Waals surface area contributed by atoms with E-state index in [9.17, 15) is 14.9 Å². The van der Waals surface area contributed by atoms with Gasteiger partial charge in [0.1, 0.15) is 28.8 Å². The number of likely N-dealkylation sites (N-methyl/N-ethyl adjacent to an activating group) is 1. The number of anilines is 1. The third-order valence-electron chi connectivity index (χ3n) is 9.72. The van der Waals surface area contributed by atoms with E-state index in [0.29, 0.717) is 79.2 Å². The average molecular weight is 713 g/mol. The highest BCUT2D eigenvalue weighted by Crippen LogP contribution is 2.45. The molecule has 0 radical (unpaired) electrons. The van der Waals surface area contributed by atoms with Gasteiger partial charge in [-0.3, -0.25) is 19.1 Å². The van der Waals surface area contributed by atoms with Crippen molar-refractivity contribution in [2.24, 2.45) is 5.92 Å². The molecule has 0 spiro atoms. The van der Waals surface area contributed by atoms with Crippen LogP contribution in [0.25, 0.3) is 22.2 Å². The Bertz CT molecular complexity index is 1810. The van der Waals surface area contributed by atoms with Crippen LogP contribution in [0, 0.1) is 17.2 Å². The Morgan fingerprint density at radius 1 is 1.18 bits per heavy atom. The molecule has 2 aliphatic rings. The molecule has 3 aromatic rings. The number of ether oxygens (including phenoxy) is 3. The summed E-state index contributed by atoms with van der Waals surface area (Å²) in [5, 5.41) is 13.9. The molecule has 12 nitrogen and oxygen atoms in total. The third kappa shape index (κ3) is 7.50. The van der Waals surface area contributed by atoms with Crippen molar-refractivity contribution in [3.05, 3.63) is 50.4 Å². The lowest BCUT2D eigenvalue weighted by atomic mass is 9.91. The average Bonchev–Trinajstić information content (AvgIpc) is 3.07. The van der Waals surface area contributed by atoms with Crippen molar-refractivity contribution < 1.29 is 19.0 Å². The molecule has 2 fully saturated rings. The first kappa shape index (κ1) is 36.4. The zero-order chi connectivity index (χ0) is 35.5. The van der Waals surface area contributed by atoms with Crippen LogP contribution >= 0.6 is 23.2 Å². The standard InChI is InChI=1S/C35H43Cl2N7O5/c1-35(2,42(4)24-19-49-20-24)16-23(17-38)32(45)43-12-9-21(10-13-43)8-7-11-44-31-22(18-40-34(39-3)41-31)14-25(33(44)46)28-29(36)26(47-5)15-27(48-6)30(28)37/h14-16,18,21,24H,7-13,19-20H2,1-6H3,(H,39,40,41). The number of nitrogens with zero attached hydrogens (tertiary/aromatic N) is 6. The number of benzene rings is 1. The SMILES string of the molecule is CNc1ncc2cc(-c3c(Cl)c(OC)cc(OC)c3Cl)c(=O)n(CCCC3CCN(C(=O)C(C#N)=CC(C)(C)N(C)C4COC4)CC3)c2n1. The Balaban J connectivity index is 1.32. The molecule has 0 aliphatic carbocycles.